The Morgan fingerprint density at radius 3 is 2.58 bits per heavy atom. The normalized spacial score (nSPS) is 37.4. The smallest absolute Gasteiger partial charge is 0.0594 e. The average molecular weight is 266 g/mol. The molecule has 0 radical (unpaired) electrons. The lowest BCUT2D eigenvalue weighted by Crippen LogP contribution is -2.38. The van der Waals surface area contributed by atoms with Gasteiger partial charge in [-0.1, -0.05) is 13.3 Å². The van der Waals surface area contributed by atoms with Gasteiger partial charge in [0.15, 0.2) is 0 Å². The molecule has 3 rings (SSSR count). The summed E-state index contributed by atoms with van der Waals surface area (Å²) in [6.07, 6.45) is 7.27. The number of likely N-dealkylation sites (tertiary alicyclic amines) is 1. The standard InChI is InChI=1S/C16H30N2O/c1-15-3-4-16(13-15)5-8-18(14-16)7-2-6-17-9-11-19-12-10-17/h15H,2-14H2,1H3/t15-,16+/m0/s1. The van der Waals surface area contributed by atoms with Gasteiger partial charge in [0.2, 0.25) is 0 Å². The van der Waals surface area contributed by atoms with Gasteiger partial charge in [-0.2, -0.15) is 0 Å². The highest BCUT2D eigenvalue weighted by Gasteiger charge is 2.42. The van der Waals surface area contributed by atoms with Crippen LogP contribution in [0.3, 0.4) is 0 Å². The fourth-order valence-corrected chi connectivity index (χ4v) is 4.43. The van der Waals surface area contributed by atoms with Crippen molar-refractivity contribution in [2.45, 2.75) is 39.0 Å². The molecule has 0 unspecified atom stereocenters. The van der Waals surface area contributed by atoms with Crippen molar-refractivity contribution in [3.8, 4) is 0 Å². The first-order chi connectivity index (χ1) is 9.26. The molecule has 0 aromatic heterocycles. The average Bonchev–Trinajstić information content (AvgIpc) is 2.98. The van der Waals surface area contributed by atoms with Gasteiger partial charge in [-0.3, -0.25) is 4.90 Å². The first-order valence-corrected chi connectivity index (χ1v) is 8.28. The molecule has 2 atom stereocenters. The molecular weight excluding hydrogens is 236 g/mol. The zero-order valence-corrected chi connectivity index (χ0v) is 12.6. The molecule has 0 aromatic carbocycles. The van der Waals surface area contributed by atoms with E-state index in [-0.39, 0.29) is 0 Å². The van der Waals surface area contributed by atoms with Crippen LogP contribution in [-0.4, -0.2) is 62.3 Å². The number of hydrogen-bond acceptors (Lipinski definition) is 3. The molecule has 110 valence electrons. The quantitative estimate of drug-likeness (QED) is 0.776. The lowest BCUT2D eigenvalue weighted by molar-refractivity contribution is 0.0362. The minimum atomic E-state index is 0.721. The van der Waals surface area contributed by atoms with Crippen molar-refractivity contribution in [1.29, 1.82) is 0 Å². The summed E-state index contributed by atoms with van der Waals surface area (Å²) >= 11 is 0. The maximum absolute atomic E-state index is 5.40. The Balaban J connectivity index is 1.35. The van der Waals surface area contributed by atoms with E-state index in [4.69, 9.17) is 4.74 Å². The molecule has 2 saturated heterocycles. The van der Waals surface area contributed by atoms with E-state index in [9.17, 15) is 0 Å². The molecular formula is C16H30N2O. The van der Waals surface area contributed by atoms with Crippen molar-refractivity contribution in [2.24, 2.45) is 11.3 Å². The molecule has 2 heterocycles. The highest BCUT2D eigenvalue weighted by atomic mass is 16.5. The third kappa shape index (κ3) is 3.50. The summed E-state index contributed by atoms with van der Waals surface area (Å²) in [4.78, 5) is 5.30. The summed E-state index contributed by atoms with van der Waals surface area (Å²) in [6, 6.07) is 0. The summed E-state index contributed by atoms with van der Waals surface area (Å²) < 4.78 is 5.40. The van der Waals surface area contributed by atoms with Crippen LogP contribution in [0.5, 0.6) is 0 Å². The number of rotatable bonds is 4. The van der Waals surface area contributed by atoms with E-state index in [2.05, 4.69) is 16.7 Å². The van der Waals surface area contributed by atoms with Gasteiger partial charge < -0.3 is 9.64 Å². The minimum Gasteiger partial charge on any atom is -0.379 e. The van der Waals surface area contributed by atoms with Crippen LogP contribution < -0.4 is 0 Å². The van der Waals surface area contributed by atoms with Crippen LogP contribution in [-0.2, 0) is 4.74 Å². The molecule has 2 aliphatic heterocycles. The van der Waals surface area contributed by atoms with E-state index in [1.54, 1.807) is 0 Å². The van der Waals surface area contributed by atoms with Crippen LogP contribution in [0, 0.1) is 11.3 Å². The Labute approximate surface area is 118 Å². The Kier molecular flexibility index (Phi) is 4.45. The summed E-state index contributed by atoms with van der Waals surface area (Å²) in [7, 11) is 0. The van der Waals surface area contributed by atoms with Crippen molar-refractivity contribution in [1.82, 2.24) is 9.80 Å². The zero-order chi connectivity index (χ0) is 13.1. The Morgan fingerprint density at radius 1 is 1.05 bits per heavy atom. The van der Waals surface area contributed by atoms with Gasteiger partial charge in [0.05, 0.1) is 13.2 Å². The first-order valence-electron chi connectivity index (χ1n) is 8.28. The highest BCUT2D eigenvalue weighted by molar-refractivity contribution is 4.95. The van der Waals surface area contributed by atoms with Crippen LogP contribution in [0.1, 0.15) is 39.0 Å². The summed E-state index contributed by atoms with van der Waals surface area (Å²) in [6.45, 7) is 11.9. The van der Waals surface area contributed by atoms with Gasteiger partial charge in [-0.05, 0) is 56.7 Å². The SMILES string of the molecule is C[C@H]1CC[C@@]2(CCN(CCCN3CCOCC3)C2)C1. The monoisotopic (exact) mass is 266 g/mol. The maximum Gasteiger partial charge on any atom is 0.0594 e. The molecule has 1 spiro atoms. The summed E-state index contributed by atoms with van der Waals surface area (Å²) in [5, 5.41) is 0. The van der Waals surface area contributed by atoms with E-state index in [1.165, 1.54) is 58.3 Å². The van der Waals surface area contributed by atoms with Gasteiger partial charge in [0.1, 0.15) is 0 Å². The molecule has 0 N–H and O–H groups in total. The topological polar surface area (TPSA) is 15.7 Å². The summed E-state index contributed by atoms with van der Waals surface area (Å²) in [5.74, 6) is 0.980. The molecule has 3 nitrogen and oxygen atoms in total. The Morgan fingerprint density at radius 2 is 1.84 bits per heavy atom. The van der Waals surface area contributed by atoms with E-state index < -0.39 is 0 Å². The van der Waals surface area contributed by atoms with Crippen molar-refractivity contribution in [3.05, 3.63) is 0 Å². The van der Waals surface area contributed by atoms with Crippen molar-refractivity contribution < 1.29 is 4.74 Å². The van der Waals surface area contributed by atoms with Crippen molar-refractivity contribution in [2.75, 3.05) is 52.5 Å². The van der Waals surface area contributed by atoms with Crippen LogP contribution in [0.4, 0.5) is 0 Å². The second-order valence-electron chi connectivity index (χ2n) is 7.18. The van der Waals surface area contributed by atoms with Gasteiger partial charge in [0.25, 0.3) is 0 Å². The van der Waals surface area contributed by atoms with Gasteiger partial charge in [0, 0.05) is 19.6 Å². The molecule has 3 aliphatic rings. The van der Waals surface area contributed by atoms with Crippen molar-refractivity contribution >= 4 is 0 Å². The van der Waals surface area contributed by atoms with Crippen LogP contribution in [0.15, 0.2) is 0 Å². The number of morpholine rings is 1. The van der Waals surface area contributed by atoms with Crippen LogP contribution in [0.25, 0.3) is 0 Å². The van der Waals surface area contributed by atoms with Gasteiger partial charge >= 0.3 is 0 Å². The van der Waals surface area contributed by atoms with E-state index >= 15 is 0 Å². The lowest BCUT2D eigenvalue weighted by atomic mass is 9.85. The van der Waals surface area contributed by atoms with Gasteiger partial charge in [-0.15, -0.1) is 0 Å². The molecule has 3 fully saturated rings. The molecule has 0 aromatic rings. The third-order valence-corrected chi connectivity index (χ3v) is 5.52. The Hall–Kier alpha value is -0.120. The molecule has 1 aliphatic carbocycles. The number of nitrogens with zero attached hydrogens (tertiary/aromatic N) is 2. The second-order valence-corrected chi connectivity index (χ2v) is 7.18. The van der Waals surface area contributed by atoms with E-state index in [0.29, 0.717) is 0 Å². The zero-order valence-electron chi connectivity index (χ0n) is 12.6. The lowest BCUT2D eigenvalue weighted by Gasteiger charge is -2.28. The number of hydrogen-bond donors (Lipinski definition) is 0. The predicted molar refractivity (Wildman–Crippen MR) is 78.4 cm³/mol. The van der Waals surface area contributed by atoms with Crippen molar-refractivity contribution in [3.63, 3.8) is 0 Å². The molecule has 19 heavy (non-hydrogen) atoms. The first kappa shape index (κ1) is 13.8. The Bertz CT molecular complexity index is 290. The van der Waals surface area contributed by atoms with E-state index in [0.717, 1.165) is 37.6 Å². The molecule has 1 saturated carbocycles. The second kappa shape index (κ2) is 6.11. The van der Waals surface area contributed by atoms with Crippen LogP contribution >= 0.6 is 0 Å². The summed E-state index contributed by atoms with van der Waals surface area (Å²) in [5.41, 5.74) is 0.721. The van der Waals surface area contributed by atoms with E-state index in [1.807, 2.05) is 0 Å². The molecule has 3 heteroatoms. The van der Waals surface area contributed by atoms with Gasteiger partial charge in [-0.25, -0.2) is 0 Å². The largest absolute Gasteiger partial charge is 0.379 e. The predicted octanol–water partition coefficient (Wildman–Crippen LogP) is 2.22. The fraction of sp³-hybridized carbons (Fsp3) is 1.00. The fourth-order valence-electron chi connectivity index (χ4n) is 4.43. The number of ether oxygens (including phenoxy) is 1. The molecule has 0 bridgehead atoms. The minimum absolute atomic E-state index is 0.721. The third-order valence-electron chi connectivity index (χ3n) is 5.52. The maximum atomic E-state index is 5.40. The molecule has 0 amide bonds. The highest BCUT2D eigenvalue weighted by Crippen LogP contribution is 2.47. The van der Waals surface area contributed by atoms with Crippen LogP contribution in [0.2, 0.25) is 0 Å².